The molecule has 1 aliphatic rings. The van der Waals surface area contributed by atoms with Crippen molar-refractivity contribution in [3.8, 4) is 0 Å². The van der Waals surface area contributed by atoms with Gasteiger partial charge >= 0.3 is 0 Å². The average molecular weight is 367 g/mol. The Kier molecular flexibility index (Phi) is 5.94. The van der Waals surface area contributed by atoms with Crippen LogP contribution in [0.4, 0.5) is 23.1 Å². The number of aromatic nitrogens is 2. The van der Waals surface area contributed by atoms with Gasteiger partial charge in [0.2, 0.25) is 11.9 Å². The van der Waals surface area contributed by atoms with Gasteiger partial charge in [-0.2, -0.15) is 4.98 Å². The number of hydrogen-bond acceptors (Lipinski definition) is 5. The molecule has 0 unspecified atom stereocenters. The van der Waals surface area contributed by atoms with Crippen molar-refractivity contribution < 1.29 is 4.79 Å². The van der Waals surface area contributed by atoms with Crippen LogP contribution in [0.25, 0.3) is 0 Å². The molecule has 2 aromatic rings. The molecule has 0 fully saturated rings. The van der Waals surface area contributed by atoms with Gasteiger partial charge in [-0.15, -0.1) is 0 Å². The van der Waals surface area contributed by atoms with Gasteiger partial charge in [0.1, 0.15) is 5.82 Å². The highest BCUT2D eigenvalue weighted by atomic mass is 16.2. The highest BCUT2D eigenvalue weighted by Crippen LogP contribution is 2.32. The molecule has 0 saturated carbocycles. The van der Waals surface area contributed by atoms with E-state index in [4.69, 9.17) is 4.98 Å². The predicted molar refractivity (Wildman–Crippen MR) is 111 cm³/mol. The van der Waals surface area contributed by atoms with E-state index in [-0.39, 0.29) is 5.91 Å². The summed E-state index contributed by atoms with van der Waals surface area (Å²) < 4.78 is 0. The highest BCUT2D eigenvalue weighted by molar-refractivity contribution is 5.94. The third-order valence-electron chi connectivity index (χ3n) is 4.98. The van der Waals surface area contributed by atoms with Gasteiger partial charge in [0.25, 0.3) is 0 Å². The molecule has 1 aromatic heterocycles. The Morgan fingerprint density at radius 2 is 1.96 bits per heavy atom. The van der Waals surface area contributed by atoms with E-state index in [2.05, 4.69) is 48.1 Å². The first-order chi connectivity index (χ1) is 13.0. The van der Waals surface area contributed by atoms with Crippen molar-refractivity contribution in [2.45, 2.75) is 47.0 Å². The maximum Gasteiger partial charge on any atom is 0.229 e. The van der Waals surface area contributed by atoms with Crippen molar-refractivity contribution in [2.75, 3.05) is 34.8 Å². The maximum absolute atomic E-state index is 11.9. The average Bonchev–Trinajstić information content (AvgIpc) is 3.06. The molecule has 0 radical (unpaired) electrons. The molecule has 0 atom stereocenters. The molecule has 0 spiro atoms. The Morgan fingerprint density at radius 1 is 1.19 bits per heavy atom. The molecule has 1 N–H and O–H groups in total. The summed E-state index contributed by atoms with van der Waals surface area (Å²) in [5, 5.41) is 3.35. The lowest BCUT2D eigenvalue weighted by Crippen LogP contribution is -2.25. The molecular weight excluding hydrogens is 338 g/mol. The van der Waals surface area contributed by atoms with Crippen LogP contribution in [0.5, 0.6) is 0 Å². The Hall–Kier alpha value is -2.63. The molecule has 27 heavy (non-hydrogen) atoms. The van der Waals surface area contributed by atoms with Crippen molar-refractivity contribution in [3.05, 3.63) is 35.5 Å². The number of aryl methyl sites for hydroxylation is 1. The van der Waals surface area contributed by atoms with Crippen LogP contribution in [-0.4, -0.2) is 35.5 Å². The number of benzene rings is 1. The van der Waals surface area contributed by atoms with Crippen molar-refractivity contribution in [2.24, 2.45) is 0 Å². The molecule has 2 heterocycles. The van der Waals surface area contributed by atoms with Crippen LogP contribution < -0.4 is 15.1 Å². The van der Waals surface area contributed by atoms with E-state index in [1.54, 1.807) is 6.92 Å². The number of nitrogens with zero attached hydrogens (tertiary/aromatic N) is 4. The summed E-state index contributed by atoms with van der Waals surface area (Å²) in [6.45, 7) is 10.6. The number of rotatable bonds is 7. The lowest BCUT2D eigenvalue weighted by Gasteiger charge is -2.21. The van der Waals surface area contributed by atoms with Crippen LogP contribution in [0.3, 0.4) is 0 Å². The SMILES string of the molecule is CCCc1cc(N(CC)CC)nc(Nc2ccc3c(c2)N(C(C)=O)CC3)n1. The molecule has 0 bridgehead atoms. The molecule has 144 valence electrons. The second kappa shape index (κ2) is 8.37. The van der Waals surface area contributed by atoms with Crippen LogP contribution in [0.1, 0.15) is 45.4 Å². The van der Waals surface area contributed by atoms with Crippen molar-refractivity contribution in [1.29, 1.82) is 0 Å². The first-order valence-corrected chi connectivity index (χ1v) is 9.86. The summed E-state index contributed by atoms with van der Waals surface area (Å²) in [7, 11) is 0. The Labute approximate surface area is 161 Å². The van der Waals surface area contributed by atoms with Gasteiger partial charge in [-0.05, 0) is 44.4 Å². The van der Waals surface area contributed by atoms with Crippen LogP contribution in [0, 0.1) is 0 Å². The number of nitrogens with one attached hydrogen (secondary N) is 1. The molecule has 6 heteroatoms. The number of fused-ring (bicyclic) bond motifs is 1. The zero-order valence-corrected chi connectivity index (χ0v) is 16.7. The summed E-state index contributed by atoms with van der Waals surface area (Å²) >= 11 is 0. The smallest absolute Gasteiger partial charge is 0.229 e. The number of amides is 1. The van der Waals surface area contributed by atoms with Gasteiger partial charge in [0.05, 0.1) is 0 Å². The van der Waals surface area contributed by atoms with Crippen LogP contribution in [-0.2, 0) is 17.6 Å². The standard InChI is InChI=1S/C21H29N5O/c1-5-8-17-14-20(25(6-2)7-3)24-21(22-17)23-18-10-9-16-11-12-26(15(4)27)19(16)13-18/h9-10,13-14H,5-8,11-12H2,1-4H3,(H,22,23,24). The quantitative estimate of drug-likeness (QED) is 0.803. The van der Waals surface area contributed by atoms with Crippen LogP contribution in [0.15, 0.2) is 24.3 Å². The van der Waals surface area contributed by atoms with E-state index < -0.39 is 0 Å². The fourth-order valence-electron chi connectivity index (χ4n) is 3.55. The van der Waals surface area contributed by atoms with Gasteiger partial charge in [-0.25, -0.2) is 4.98 Å². The zero-order chi connectivity index (χ0) is 19.4. The van der Waals surface area contributed by atoms with Crippen molar-refractivity contribution in [3.63, 3.8) is 0 Å². The van der Waals surface area contributed by atoms with E-state index in [1.165, 1.54) is 5.56 Å². The number of carbonyl (C=O) groups is 1. The van der Waals surface area contributed by atoms with Gasteiger partial charge in [-0.3, -0.25) is 4.79 Å². The number of anilines is 4. The predicted octanol–water partition coefficient (Wildman–Crippen LogP) is 3.93. The molecule has 0 saturated heterocycles. The molecular formula is C21H29N5O. The second-order valence-electron chi connectivity index (χ2n) is 6.85. The third kappa shape index (κ3) is 4.21. The van der Waals surface area contributed by atoms with Crippen molar-refractivity contribution in [1.82, 2.24) is 9.97 Å². The molecule has 1 aromatic carbocycles. The molecule has 6 nitrogen and oxygen atoms in total. The Balaban J connectivity index is 1.91. The number of carbonyl (C=O) groups excluding carboxylic acids is 1. The Morgan fingerprint density at radius 3 is 2.63 bits per heavy atom. The monoisotopic (exact) mass is 367 g/mol. The molecule has 3 rings (SSSR count). The summed E-state index contributed by atoms with van der Waals surface area (Å²) in [5.74, 6) is 1.64. The van der Waals surface area contributed by atoms with Gasteiger partial charge in [0, 0.05) is 49.7 Å². The highest BCUT2D eigenvalue weighted by Gasteiger charge is 2.22. The number of hydrogen-bond donors (Lipinski definition) is 1. The van der Waals surface area contributed by atoms with Gasteiger partial charge in [0.15, 0.2) is 0 Å². The minimum absolute atomic E-state index is 0.0795. The molecule has 1 amide bonds. The lowest BCUT2D eigenvalue weighted by molar-refractivity contribution is -0.116. The lowest BCUT2D eigenvalue weighted by atomic mass is 10.1. The van der Waals surface area contributed by atoms with Crippen LogP contribution >= 0.6 is 0 Å². The fourth-order valence-corrected chi connectivity index (χ4v) is 3.55. The largest absolute Gasteiger partial charge is 0.357 e. The molecule has 0 aliphatic carbocycles. The van der Waals surface area contributed by atoms with Gasteiger partial charge in [-0.1, -0.05) is 19.4 Å². The summed E-state index contributed by atoms with van der Waals surface area (Å²) in [4.78, 5) is 25.3. The minimum atomic E-state index is 0.0795. The van der Waals surface area contributed by atoms with E-state index in [1.807, 2.05) is 17.0 Å². The van der Waals surface area contributed by atoms with E-state index in [0.29, 0.717) is 5.95 Å². The normalized spacial score (nSPS) is 12.8. The zero-order valence-electron chi connectivity index (χ0n) is 16.7. The minimum Gasteiger partial charge on any atom is -0.357 e. The van der Waals surface area contributed by atoms with E-state index in [0.717, 1.165) is 61.8 Å². The van der Waals surface area contributed by atoms with E-state index >= 15 is 0 Å². The summed E-state index contributed by atoms with van der Waals surface area (Å²) in [5.41, 5.74) is 4.14. The second-order valence-corrected chi connectivity index (χ2v) is 6.85. The van der Waals surface area contributed by atoms with E-state index in [9.17, 15) is 4.79 Å². The first kappa shape index (κ1) is 19.1. The first-order valence-electron chi connectivity index (χ1n) is 9.86. The molecule has 1 aliphatic heterocycles. The van der Waals surface area contributed by atoms with Crippen LogP contribution in [0.2, 0.25) is 0 Å². The topological polar surface area (TPSA) is 61.4 Å². The summed E-state index contributed by atoms with van der Waals surface area (Å²) in [6.07, 6.45) is 2.87. The van der Waals surface area contributed by atoms with Gasteiger partial charge < -0.3 is 15.1 Å². The maximum atomic E-state index is 11.9. The van der Waals surface area contributed by atoms with Crippen molar-refractivity contribution >= 4 is 29.0 Å². The third-order valence-corrected chi connectivity index (χ3v) is 4.98. The Bertz CT molecular complexity index is 816. The fraction of sp³-hybridized carbons (Fsp3) is 0.476. The summed E-state index contributed by atoms with van der Waals surface area (Å²) in [6, 6.07) is 8.23.